The molecule has 8 aromatic rings. The molecule has 0 aliphatic carbocycles. The maximum absolute atomic E-state index is 12.9. The molecule has 0 aliphatic rings. The fraction of sp³-hybridized carbons (Fsp3) is 0.279. The van der Waals surface area contributed by atoms with Crippen molar-refractivity contribution in [2.45, 2.75) is 52.3 Å². The predicted octanol–water partition coefficient (Wildman–Crippen LogP) is 14.4. The number of imidazole rings is 2. The van der Waals surface area contributed by atoms with Gasteiger partial charge in [-0.3, -0.25) is 15.0 Å². The summed E-state index contributed by atoms with van der Waals surface area (Å²) >= 11 is 33.0. The maximum atomic E-state index is 12.9. The third-order valence-corrected chi connectivity index (χ3v) is 13.9. The van der Waals surface area contributed by atoms with Gasteiger partial charge in [0.15, 0.2) is 11.6 Å². The molecule has 39 heteroatoms. The van der Waals surface area contributed by atoms with Crippen molar-refractivity contribution in [3.8, 4) is 17.2 Å². The number of urea groups is 3. The van der Waals surface area contributed by atoms with Crippen molar-refractivity contribution in [1.29, 1.82) is 5.41 Å². The molecule has 8 rings (SSSR count). The van der Waals surface area contributed by atoms with Gasteiger partial charge in [0, 0.05) is 33.6 Å². The van der Waals surface area contributed by atoms with E-state index >= 15 is 0 Å². The number of anilines is 5. The number of fused-ring (bicyclic) bond motifs is 2. The monoisotopic (exact) mass is 1530 g/mol. The normalized spacial score (nSPS) is 11.2. The van der Waals surface area contributed by atoms with Gasteiger partial charge in [-0.2, -0.15) is 39.5 Å². The van der Waals surface area contributed by atoms with Crippen LogP contribution in [0.15, 0.2) is 109 Å². The lowest BCUT2D eigenvalue weighted by Gasteiger charge is -2.14. The molecule has 7 amide bonds. The summed E-state index contributed by atoms with van der Waals surface area (Å²) in [5.41, 5.74) is 14.5. The second-order valence-corrected chi connectivity index (χ2v) is 24.7. The number of aromatic nitrogens is 4. The first-order valence-electron chi connectivity index (χ1n) is 28.3. The van der Waals surface area contributed by atoms with Crippen LogP contribution in [-0.2, 0) is 51.1 Å². The zero-order valence-electron chi connectivity index (χ0n) is 53.0. The highest BCUT2D eigenvalue weighted by Gasteiger charge is 2.34. The lowest BCUT2D eigenvalue weighted by molar-refractivity contribution is -0.138. The first-order chi connectivity index (χ1) is 46.6. The van der Waals surface area contributed by atoms with E-state index in [9.17, 15) is 58.7 Å². The summed E-state index contributed by atoms with van der Waals surface area (Å²) in [5, 5.41) is 31.5. The number of hydrogen-bond acceptors (Lipinski definition) is 14. The molecule has 2 heterocycles. The molecule has 0 spiro atoms. The quantitative estimate of drug-likeness (QED) is 0.0141. The van der Waals surface area contributed by atoms with Crippen LogP contribution in [0.4, 0.5) is 82.3 Å². The van der Waals surface area contributed by atoms with Crippen LogP contribution in [0.2, 0.25) is 0 Å². The maximum Gasteiger partial charge on any atom is 0.416 e. The molecule has 542 valence electrons. The van der Waals surface area contributed by atoms with E-state index in [4.69, 9.17) is 111 Å². The molecule has 0 unspecified atom stereocenters. The lowest BCUT2D eigenvalue weighted by Crippen LogP contribution is -2.30. The molecule has 2 aromatic heterocycles. The van der Waals surface area contributed by atoms with Gasteiger partial charge in [-0.15, -0.1) is 0 Å². The zero-order valence-corrected chi connectivity index (χ0v) is 57.5. The third kappa shape index (κ3) is 27.0. The van der Waals surface area contributed by atoms with Crippen LogP contribution >= 0.6 is 69.6 Å². The van der Waals surface area contributed by atoms with E-state index in [0.29, 0.717) is 52.7 Å². The lowest BCUT2D eigenvalue weighted by atomic mass is 10.1. The standard InChI is InChI=1S/C20H20F3N5O3.C19H16Cl3F3N4O2.C17H19F3N4O2.C3H4Cl3NO.C2H4O2/c1-24-18(29)17-26-13-5-3-11(9-14(13)27-17)7-8-25-19(30)28-15-10-12(20(21,22)23)4-6-16(15)31-2;1-31-15-5-3-11(19(23,24)25)9-14(15)29-17(30)26-7-6-10-2-4-12-13(8-10)28-16(27-12)18(20,21)22;1-26-15-5-3-11(17(18,19)20)9-14(15)24-16(25)23-7-6-10-2-4-12(21)13(22)8-10;1-8-2(7)3(4,5)6;1-2(3)4/h3-6,9-10H,7-8H2,1-2H3,(H,24,29)(H,26,27)(H2,25,28,30);2-5,8-9H,6-7H2,1H3,(H,27,28)(H2,26,29,30);2-5,8-9H,6-7,21-22H2,1H3,(H2,23,24,25);7H,1H3;1H3,(H,3,4). The molecule has 6 aromatic carbocycles. The van der Waals surface area contributed by atoms with Crippen molar-refractivity contribution in [3.05, 3.63) is 154 Å². The summed E-state index contributed by atoms with van der Waals surface area (Å²) in [5.74, 6) is -0.806. The Morgan fingerprint density at radius 1 is 0.520 bits per heavy atom. The number of aromatic amines is 2. The number of rotatable bonds is 16. The van der Waals surface area contributed by atoms with Gasteiger partial charge in [-0.25, -0.2) is 24.4 Å². The number of nitrogens with two attached hydrogens (primary N) is 2. The molecule has 0 atom stereocenters. The number of carbonyl (C=O) groups excluding carboxylic acids is 4. The highest BCUT2D eigenvalue weighted by molar-refractivity contribution is 6.76. The Morgan fingerprint density at radius 3 is 1.18 bits per heavy atom. The van der Waals surface area contributed by atoms with Gasteiger partial charge >= 0.3 is 36.6 Å². The van der Waals surface area contributed by atoms with Crippen molar-refractivity contribution < 1.29 is 87.5 Å². The van der Waals surface area contributed by atoms with Crippen LogP contribution in [-0.4, -0.2) is 120 Å². The summed E-state index contributed by atoms with van der Waals surface area (Å²) in [6.45, 7) is 1.80. The Bertz CT molecular complexity index is 4130. The Balaban J connectivity index is 0.000000294. The number of benzene rings is 6. The average Bonchev–Trinajstić information content (AvgIpc) is 1.85. The number of methoxy groups -OCH3 is 4. The van der Waals surface area contributed by atoms with Crippen LogP contribution in [0, 0.1) is 5.41 Å². The smallest absolute Gasteiger partial charge is 0.416 e. The molecule has 0 fully saturated rings. The van der Waals surface area contributed by atoms with Gasteiger partial charge in [-0.05, 0) is 127 Å². The number of ether oxygens (including phenoxy) is 4. The molecule has 24 nitrogen and oxygen atoms in total. The number of H-pyrrole nitrogens is 2. The Labute approximate surface area is 593 Å². The highest BCUT2D eigenvalue weighted by atomic mass is 35.6. The number of hydrogen-bond donors (Lipinski definition) is 13. The summed E-state index contributed by atoms with van der Waals surface area (Å²) in [7, 11) is 6.67. The molecule has 0 aliphatic heterocycles. The van der Waals surface area contributed by atoms with Gasteiger partial charge in [0.1, 0.15) is 17.2 Å². The minimum absolute atomic E-state index is 0.0726. The molecule has 0 radical (unpaired) electrons. The summed E-state index contributed by atoms with van der Waals surface area (Å²) in [6, 6.07) is 22.4. The molecule has 100 heavy (non-hydrogen) atoms. The van der Waals surface area contributed by atoms with Gasteiger partial charge in [-0.1, -0.05) is 87.8 Å². The van der Waals surface area contributed by atoms with E-state index < -0.39 is 66.9 Å². The first-order valence-corrected chi connectivity index (χ1v) is 30.6. The third-order valence-electron chi connectivity index (χ3n) is 12.8. The SMILES string of the molecule is CC(=O)O.CNC(=O)c1nc2ccc(CCNC(=O)Nc3cc(C(F)(F)F)ccc3OC)cc2[nH]1.COC(=N)C(Cl)(Cl)Cl.COc1ccc(C(F)(F)F)cc1NC(=O)NCCc1ccc(N)c(N)c1.COc1ccc(C(F)(F)F)cc1NC(=O)NCCc1ccc2nc(C(Cl)(Cl)Cl)[nH]c2c1. The van der Waals surface area contributed by atoms with Crippen LogP contribution in [0.5, 0.6) is 17.2 Å². The van der Waals surface area contributed by atoms with Gasteiger partial charge in [0.2, 0.25) is 9.69 Å². The van der Waals surface area contributed by atoms with Crippen molar-refractivity contribution in [3.63, 3.8) is 0 Å². The molecule has 15 N–H and O–H groups in total. The Hall–Kier alpha value is -9.41. The molecular weight excluding hydrogens is 1470 g/mol. The molecule has 0 saturated carbocycles. The van der Waals surface area contributed by atoms with Crippen molar-refractivity contribution in [2.24, 2.45) is 0 Å². The minimum Gasteiger partial charge on any atom is -0.495 e. The highest BCUT2D eigenvalue weighted by Crippen LogP contribution is 2.39. The van der Waals surface area contributed by atoms with E-state index in [1.165, 1.54) is 35.5 Å². The van der Waals surface area contributed by atoms with E-state index in [1.807, 2.05) is 12.1 Å². The number of nitrogens with zero attached hydrogens (tertiary/aromatic N) is 2. The number of amides is 7. The summed E-state index contributed by atoms with van der Waals surface area (Å²) in [6.07, 6.45) is -12.2. The van der Waals surface area contributed by atoms with Gasteiger partial charge in [0.05, 0.1) is 95.6 Å². The average molecular weight is 1540 g/mol. The Kier molecular flexibility index (Phi) is 30.8. The molecule has 0 bridgehead atoms. The molecular formula is C61H63Cl6F9N14O10. The second-order valence-electron chi connectivity index (χ2n) is 20.1. The number of nitrogens with one attached hydrogen (secondary N) is 10. The molecule has 0 saturated heterocycles. The van der Waals surface area contributed by atoms with Crippen molar-refractivity contribution >= 4 is 156 Å². The van der Waals surface area contributed by atoms with E-state index in [-0.39, 0.29) is 77.4 Å². The first kappa shape index (κ1) is 83.0. The van der Waals surface area contributed by atoms with E-state index in [2.05, 4.69) is 61.9 Å². The van der Waals surface area contributed by atoms with Crippen LogP contribution < -0.4 is 62.9 Å². The van der Waals surface area contributed by atoms with Crippen LogP contribution in [0.25, 0.3) is 22.1 Å². The van der Waals surface area contributed by atoms with Crippen LogP contribution in [0.1, 0.15) is 56.7 Å². The zero-order chi connectivity index (χ0) is 75.1. The fourth-order valence-electron chi connectivity index (χ4n) is 8.09. The number of halogens is 15. The summed E-state index contributed by atoms with van der Waals surface area (Å²) < 4.78 is 132. The number of alkyl halides is 15. The number of carbonyl (C=O) groups is 5. The predicted molar refractivity (Wildman–Crippen MR) is 365 cm³/mol. The van der Waals surface area contributed by atoms with Crippen molar-refractivity contribution in [1.82, 2.24) is 41.2 Å². The van der Waals surface area contributed by atoms with E-state index in [1.54, 1.807) is 42.5 Å². The number of nitrogen functional groups attached to an aromatic ring is 2. The number of carboxylic acid groups (broad SMARTS) is 1. The largest absolute Gasteiger partial charge is 0.495 e. The number of aliphatic carboxylic acids is 1. The Morgan fingerprint density at radius 2 is 0.870 bits per heavy atom. The van der Waals surface area contributed by atoms with Gasteiger partial charge in [0.25, 0.3) is 15.7 Å². The van der Waals surface area contributed by atoms with Gasteiger partial charge < -0.3 is 82.7 Å². The number of carboxylic acids is 1. The fourth-order valence-corrected chi connectivity index (χ4v) is 8.59. The van der Waals surface area contributed by atoms with Crippen LogP contribution in [0.3, 0.4) is 0 Å². The summed E-state index contributed by atoms with van der Waals surface area (Å²) in [4.78, 5) is 71.1. The minimum atomic E-state index is -4.54. The topological polar surface area (TPSA) is 360 Å². The second kappa shape index (κ2) is 37.1. The van der Waals surface area contributed by atoms with E-state index in [0.717, 1.165) is 78.2 Å². The van der Waals surface area contributed by atoms with Crippen molar-refractivity contribution in [2.75, 3.05) is 82.5 Å².